The second-order valence-electron chi connectivity index (χ2n) is 8.26. The molecule has 1 fully saturated rings. The van der Waals surface area contributed by atoms with Gasteiger partial charge >= 0.3 is 0 Å². The largest absolute Gasteiger partial charge is 0.382 e. The molecule has 4 heterocycles. The zero-order valence-electron chi connectivity index (χ0n) is 18.2. The van der Waals surface area contributed by atoms with Crippen LogP contribution in [0.5, 0.6) is 0 Å². The van der Waals surface area contributed by atoms with Crippen molar-refractivity contribution in [2.24, 2.45) is 7.05 Å². The first-order valence-corrected chi connectivity index (χ1v) is 11.0. The summed E-state index contributed by atoms with van der Waals surface area (Å²) in [7, 11) is 1.72. The SMILES string of the molecule is CCc1nc2c(N)ncc(-c3cnn(-c4ccn(C)c(=O)c4)c3)c2nc1NC1CCCC1. The van der Waals surface area contributed by atoms with Crippen molar-refractivity contribution in [3.63, 3.8) is 0 Å². The fourth-order valence-electron chi connectivity index (χ4n) is 4.21. The summed E-state index contributed by atoms with van der Waals surface area (Å²) in [6.45, 7) is 2.07. The number of rotatable bonds is 5. The number of hydrogen-bond acceptors (Lipinski definition) is 7. The molecular weight excluding hydrogens is 404 g/mol. The van der Waals surface area contributed by atoms with Gasteiger partial charge in [0.25, 0.3) is 5.56 Å². The molecule has 0 spiro atoms. The summed E-state index contributed by atoms with van der Waals surface area (Å²) in [5, 5.41) is 8.05. The second-order valence-corrected chi connectivity index (χ2v) is 8.26. The van der Waals surface area contributed by atoms with Crippen LogP contribution in [0.3, 0.4) is 0 Å². The average Bonchev–Trinajstić information content (AvgIpc) is 3.48. The van der Waals surface area contributed by atoms with Crippen molar-refractivity contribution in [3.8, 4) is 16.8 Å². The van der Waals surface area contributed by atoms with E-state index < -0.39 is 0 Å². The lowest BCUT2D eigenvalue weighted by Gasteiger charge is -2.17. The number of nitrogens with one attached hydrogen (secondary N) is 1. The van der Waals surface area contributed by atoms with Gasteiger partial charge in [0.2, 0.25) is 0 Å². The van der Waals surface area contributed by atoms with Gasteiger partial charge in [0, 0.05) is 48.9 Å². The third kappa shape index (κ3) is 3.59. The maximum absolute atomic E-state index is 12.0. The van der Waals surface area contributed by atoms with E-state index in [9.17, 15) is 4.79 Å². The Kier molecular flexibility index (Phi) is 5.08. The van der Waals surface area contributed by atoms with Crippen LogP contribution in [0.25, 0.3) is 27.8 Å². The molecule has 0 bridgehead atoms. The summed E-state index contributed by atoms with van der Waals surface area (Å²) >= 11 is 0. The molecule has 0 aromatic carbocycles. The first kappa shape index (κ1) is 20.2. The van der Waals surface area contributed by atoms with Crippen LogP contribution in [-0.2, 0) is 13.5 Å². The number of nitrogens with zero attached hydrogens (tertiary/aromatic N) is 6. The first-order valence-electron chi connectivity index (χ1n) is 11.0. The Balaban J connectivity index is 1.60. The number of pyridine rings is 2. The van der Waals surface area contributed by atoms with Gasteiger partial charge in [-0.1, -0.05) is 19.8 Å². The lowest BCUT2D eigenvalue weighted by Crippen LogP contribution is -2.18. The maximum Gasteiger partial charge on any atom is 0.252 e. The summed E-state index contributed by atoms with van der Waals surface area (Å²) in [6.07, 6.45) is 12.6. The van der Waals surface area contributed by atoms with Gasteiger partial charge in [-0.3, -0.25) is 4.79 Å². The second kappa shape index (κ2) is 8.07. The van der Waals surface area contributed by atoms with Gasteiger partial charge in [-0.25, -0.2) is 19.6 Å². The topological polar surface area (TPSA) is 117 Å². The van der Waals surface area contributed by atoms with Crippen molar-refractivity contribution in [3.05, 3.63) is 53.0 Å². The van der Waals surface area contributed by atoms with E-state index in [0.29, 0.717) is 28.6 Å². The molecule has 1 aliphatic rings. The van der Waals surface area contributed by atoms with Gasteiger partial charge in [0.05, 0.1) is 17.6 Å². The molecule has 164 valence electrons. The van der Waals surface area contributed by atoms with Crippen molar-refractivity contribution in [2.75, 3.05) is 11.1 Å². The summed E-state index contributed by atoms with van der Waals surface area (Å²) in [4.78, 5) is 26.2. The Hall–Kier alpha value is -3.75. The molecule has 4 aromatic rings. The number of nitrogens with two attached hydrogens (primary N) is 1. The summed E-state index contributed by atoms with van der Waals surface area (Å²) in [5.74, 6) is 1.18. The quantitative estimate of drug-likeness (QED) is 0.500. The predicted molar refractivity (Wildman–Crippen MR) is 125 cm³/mol. The molecule has 0 saturated heterocycles. The molecule has 4 aromatic heterocycles. The van der Waals surface area contributed by atoms with Gasteiger partial charge in [-0.15, -0.1) is 0 Å². The minimum atomic E-state index is -0.0975. The number of hydrogen-bond donors (Lipinski definition) is 2. The van der Waals surface area contributed by atoms with Crippen molar-refractivity contribution in [1.82, 2.24) is 29.3 Å². The molecule has 32 heavy (non-hydrogen) atoms. The fourth-order valence-corrected chi connectivity index (χ4v) is 4.21. The molecule has 0 aliphatic heterocycles. The molecule has 0 amide bonds. The Morgan fingerprint density at radius 1 is 1.19 bits per heavy atom. The summed E-state index contributed by atoms with van der Waals surface area (Å²) in [5.41, 5.74) is 10.6. The zero-order valence-corrected chi connectivity index (χ0v) is 18.2. The third-order valence-corrected chi connectivity index (χ3v) is 6.08. The molecule has 0 unspecified atom stereocenters. The highest BCUT2D eigenvalue weighted by molar-refractivity contribution is 5.96. The molecule has 1 saturated carbocycles. The number of aromatic nitrogens is 6. The van der Waals surface area contributed by atoms with Crippen LogP contribution in [0.1, 0.15) is 38.3 Å². The predicted octanol–water partition coefficient (Wildman–Crippen LogP) is 3.08. The van der Waals surface area contributed by atoms with E-state index in [0.717, 1.165) is 41.9 Å². The molecule has 1 aliphatic carbocycles. The molecular formula is C23H26N8O. The Morgan fingerprint density at radius 2 is 2.00 bits per heavy atom. The van der Waals surface area contributed by atoms with E-state index in [4.69, 9.17) is 15.7 Å². The van der Waals surface area contributed by atoms with Crippen molar-refractivity contribution in [2.45, 2.75) is 45.1 Å². The summed E-state index contributed by atoms with van der Waals surface area (Å²) < 4.78 is 3.19. The van der Waals surface area contributed by atoms with Crippen LogP contribution in [0.15, 0.2) is 41.7 Å². The average molecular weight is 431 g/mol. The molecule has 9 nitrogen and oxygen atoms in total. The Labute approximate surface area is 185 Å². The monoisotopic (exact) mass is 430 g/mol. The van der Waals surface area contributed by atoms with Crippen LogP contribution < -0.4 is 16.6 Å². The normalized spacial score (nSPS) is 14.3. The highest BCUT2D eigenvalue weighted by Gasteiger charge is 2.20. The highest BCUT2D eigenvalue weighted by Crippen LogP contribution is 2.31. The Morgan fingerprint density at radius 3 is 2.75 bits per heavy atom. The van der Waals surface area contributed by atoms with Crippen LogP contribution in [0.4, 0.5) is 11.6 Å². The van der Waals surface area contributed by atoms with E-state index >= 15 is 0 Å². The van der Waals surface area contributed by atoms with Crippen molar-refractivity contribution < 1.29 is 0 Å². The van der Waals surface area contributed by atoms with Crippen LogP contribution in [-0.4, -0.2) is 35.3 Å². The van der Waals surface area contributed by atoms with Crippen molar-refractivity contribution >= 4 is 22.7 Å². The van der Waals surface area contributed by atoms with E-state index in [1.54, 1.807) is 36.4 Å². The van der Waals surface area contributed by atoms with Crippen LogP contribution in [0, 0.1) is 0 Å². The highest BCUT2D eigenvalue weighted by atomic mass is 16.1. The first-order chi connectivity index (χ1) is 15.5. The Bertz CT molecular complexity index is 1350. The number of fused-ring (bicyclic) bond motifs is 1. The van der Waals surface area contributed by atoms with Gasteiger partial charge in [0.15, 0.2) is 5.82 Å². The minimum Gasteiger partial charge on any atom is -0.382 e. The maximum atomic E-state index is 12.0. The van der Waals surface area contributed by atoms with Gasteiger partial charge < -0.3 is 15.6 Å². The zero-order chi connectivity index (χ0) is 22.2. The number of nitrogen functional groups attached to an aromatic ring is 1. The lowest BCUT2D eigenvalue weighted by atomic mass is 10.1. The standard InChI is InChI=1S/C23H26N8O/c1-3-18-23(27-15-6-4-5-7-15)29-20-17(12-25-22(24)21(20)28-18)14-11-26-31(13-14)16-8-9-30(2)19(32)10-16/h8-13,15H,3-7H2,1-2H3,(H2,24,25)(H,27,29). The minimum absolute atomic E-state index is 0.0975. The number of anilines is 2. The smallest absolute Gasteiger partial charge is 0.252 e. The van der Waals surface area contributed by atoms with Crippen LogP contribution in [0.2, 0.25) is 0 Å². The molecule has 5 rings (SSSR count). The molecule has 9 heteroatoms. The van der Waals surface area contributed by atoms with Gasteiger partial charge in [-0.2, -0.15) is 5.10 Å². The van der Waals surface area contributed by atoms with E-state index in [-0.39, 0.29) is 5.56 Å². The molecule has 0 atom stereocenters. The molecule has 0 radical (unpaired) electrons. The van der Waals surface area contributed by atoms with E-state index in [1.165, 1.54) is 17.4 Å². The van der Waals surface area contributed by atoms with Crippen molar-refractivity contribution in [1.29, 1.82) is 0 Å². The third-order valence-electron chi connectivity index (χ3n) is 6.08. The molecule has 3 N–H and O–H groups in total. The van der Waals surface area contributed by atoms with Crippen LogP contribution >= 0.6 is 0 Å². The summed E-state index contributed by atoms with van der Waals surface area (Å²) in [6, 6.07) is 3.82. The lowest BCUT2D eigenvalue weighted by molar-refractivity contribution is 0.747. The van der Waals surface area contributed by atoms with Gasteiger partial charge in [-0.05, 0) is 25.3 Å². The van der Waals surface area contributed by atoms with E-state index in [2.05, 4.69) is 22.3 Å². The number of aryl methyl sites for hydroxylation is 2. The van der Waals surface area contributed by atoms with Gasteiger partial charge in [0.1, 0.15) is 16.9 Å². The van der Waals surface area contributed by atoms with E-state index in [1.807, 2.05) is 12.3 Å². The fraction of sp³-hybridized carbons (Fsp3) is 0.348.